The SMILES string of the molecule is Cc1cc(Nc2nc3c(s2)CCC3C(=O)O)cc(C)c1Br. The summed E-state index contributed by atoms with van der Waals surface area (Å²) in [6, 6.07) is 4.11. The first-order chi connectivity index (χ1) is 9.95. The molecular weight excluding hydrogens is 352 g/mol. The number of carbonyl (C=O) groups is 1. The zero-order valence-corrected chi connectivity index (χ0v) is 14.1. The first kappa shape index (κ1) is 14.5. The highest BCUT2D eigenvalue weighted by Gasteiger charge is 2.32. The van der Waals surface area contributed by atoms with Gasteiger partial charge in [-0.1, -0.05) is 15.9 Å². The molecule has 0 saturated carbocycles. The fourth-order valence-electron chi connectivity index (χ4n) is 2.66. The third-order valence-electron chi connectivity index (χ3n) is 3.70. The average Bonchev–Trinajstić information content (AvgIpc) is 2.94. The summed E-state index contributed by atoms with van der Waals surface area (Å²) in [6.45, 7) is 4.09. The molecule has 0 aliphatic heterocycles. The van der Waals surface area contributed by atoms with Crippen LogP contribution in [0.2, 0.25) is 0 Å². The molecule has 21 heavy (non-hydrogen) atoms. The molecule has 0 fully saturated rings. The monoisotopic (exact) mass is 366 g/mol. The maximum absolute atomic E-state index is 11.2. The molecule has 0 radical (unpaired) electrons. The second kappa shape index (κ2) is 5.42. The van der Waals surface area contributed by atoms with Crippen LogP contribution in [0.25, 0.3) is 0 Å². The van der Waals surface area contributed by atoms with E-state index in [0.717, 1.165) is 43.4 Å². The number of nitrogens with zero attached hydrogens (tertiary/aromatic N) is 1. The molecule has 0 amide bonds. The minimum Gasteiger partial charge on any atom is -0.481 e. The third-order valence-corrected chi connectivity index (χ3v) is 6.00. The predicted molar refractivity (Wildman–Crippen MR) is 87.7 cm³/mol. The van der Waals surface area contributed by atoms with Crippen molar-refractivity contribution in [3.63, 3.8) is 0 Å². The number of carboxylic acids is 1. The number of aryl methyl sites for hydroxylation is 3. The van der Waals surface area contributed by atoms with Gasteiger partial charge in [0.25, 0.3) is 0 Å². The molecule has 1 atom stereocenters. The lowest BCUT2D eigenvalue weighted by Gasteiger charge is -2.09. The lowest BCUT2D eigenvalue weighted by atomic mass is 10.1. The van der Waals surface area contributed by atoms with E-state index < -0.39 is 11.9 Å². The maximum Gasteiger partial charge on any atom is 0.312 e. The van der Waals surface area contributed by atoms with E-state index in [1.54, 1.807) is 11.3 Å². The van der Waals surface area contributed by atoms with E-state index in [-0.39, 0.29) is 0 Å². The Bertz CT molecular complexity index is 703. The van der Waals surface area contributed by atoms with Crippen molar-refractivity contribution in [2.75, 3.05) is 5.32 Å². The van der Waals surface area contributed by atoms with Gasteiger partial charge in [-0.2, -0.15) is 0 Å². The van der Waals surface area contributed by atoms with E-state index in [2.05, 4.69) is 38.4 Å². The molecule has 1 aromatic carbocycles. The van der Waals surface area contributed by atoms with Crippen LogP contribution in [0.15, 0.2) is 16.6 Å². The summed E-state index contributed by atoms with van der Waals surface area (Å²) in [5.41, 5.74) is 4.03. The van der Waals surface area contributed by atoms with Crippen molar-refractivity contribution in [2.24, 2.45) is 0 Å². The second-order valence-electron chi connectivity index (χ2n) is 5.31. The van der Waals surface area contributed by atoms with Crippen molar-refractivity contribution in [3.05, 3.63) is 38.3 Å². The molecule has 1 unspecified atom stereocenters. The first-order valence-electron chi connectivity index (χ1n) is 6.72. The molecule has 0 bridgehead atoms. The fraction of sp³-hybridized carbons (Fsp3) is 0.333. The molecule has 1 heterocycles. The minimum atomic E-state index is -0.777. The van der Waals surface area contributed by atoms with E-state index in [1.165, 1.54) is 0 Å². The molecule has 1 aliphatic rings. The van der Waals surface area contributed by atoms with Crippen LogP contribution in [-0.4, -0.2) is 16.1 Å². The van der Waals surface area contributed by atoms with Gasteiger partial charge in [0.2, 0.25) is 0 Å². The summed E-state index contributed by atoms with van der Waals surface area (Å²) < 4.78 is 1.11. The predicted octanol–water partition coefficient (Wildman–Crippen LogP) is 4.38. The topological polar surface area (TPSA) is 62.2 Å². The molecule has 2 aromatic rings. The highest BCUT2D eigenvalue weighted by atomic mass is 79.9. The van der Waals surface area contributed by atoms with Crippen LogP contribution in [0, 0.1) is 13.8 Å². The van der Waals surface area contributed by atoms with Gasteiger partial charge in [-0.3, -0.25) is 4.79 Å². The van der Waals surface area contributed by atoms with Crippen molar-refractivity contribution in [1.29, 1.82) is 0 Å². The highest BCUT2D eigenvalue weighted by molar-refractivity contribution is 9.10. The van der Waals surface area contributed by atoms with Crippen molar-refractivity contribution < 1.29 is 9.90 Å². The number of aliphatic carboxylic acids is 1. The smallest absolute Gasteiger partial charge is 0.312 e. The lowest BCUT2D eigenvalue weighted by molar-refractivity contribution is -0.138. The number of carboxylic acid groups (broad SMARTS) is 1. The molecule has 3 rings (SSSR count). The Morgan fingerprint density at radius 3 is 2.71 bits per heavy atom. The van der Waals surface area contributed by atoms with Gasteiger partial charge < -0.3 is 10.4 Å². The summed E-state index contributed by atoms with van der Waals surface area (Å²) >= 11 is 5.11. The Balaban J connectivity index is 1.87. The lowest BCUT2D eigenvalue weighted by Crippen LogP contribution is -2.08. The van der Waals surface area contributed by atoms with Gasteiger partial charge in [-0.05, 0) is 49.9 Å². The first-order valence-corrected chi connectivity index (χ1v) is 8.33. The van der Waals surface area contributed by atoms with E-state index in [9.17, 15) is 9.90 Å². The molecule has 6 heteroatoms. The average molecular weight is 367 g/mol. The number of thiazole rings is 1. The second-order valence-corrected chi connectivity index (χ2v) is 7.18. The van der Waals surface area contributed by atoms with E-state index in [1.807, 2.05) is 13.8 Å². The number of anilines is 2. The normalized spacial score (nSPS) is 16.8. The van der Waals surface area contributed by atoms with Gasteiger partial charge >= 0.3 is 5.97 Å². The van der Waals surface area contributed by atoms with Crippen molar-refractivity contribution >= 4 is 44.1 Å². The number of aromatic nitrogens is 1. The fourth-order valence-corrected chi connectivity index (χ4v) is 3.95. The molecule has 0 saturated heterocycles. The minimum absolute atomic E-state index is 0.444. The number of nitrogens with one attached hydrogen (secondary N) is 1. The Morgan fingerprint density at radius 1 is 1.43 bits per heavy atom. The number of rotatable bonds is 3. The van der Waals surface area contributed by atoms with Gasteiger partial charge in [0.1, 0.15) is 5.92 Å². The van der Waals surface area contributed by atoms with Crippen LogP contribution in [-0.2, 0) is 11.2 Å². The third kappa shape index (κ3) is 2.70. The molecule has 110 valence electrons. The van der Waals surface area contributed by atoms with Gasteiger partial charge in [0.05, 0.1) is 5.69 Å². The van der Waals surface area contributed by atoms with Crippen LogP contribution in [0.4, 0.5) is 10.8 Å². The zero-order chi connectivity index (χ0) is 15.1. The van der Waals surface area contributed by atoms with E-state index in [0.29, 0.717) is 6.42 Å². The van der Waals surface area contributed by atoms with Crippen LogP contribution in [0.3, 0.4) is 0 Å². The Hall–Kier alpha value is -1.40. The molecule has 2 N–H and O–H groups in total. The zero-order valence-electron chi connectivity index (χ0n) is 11.7. The highest BCUT2D eigenvalue weighted by Crippen LogP contribution is 2.39. The number of benzene rings is 1. The summed E-state index contributed by atoms with van der Waals surface area (Å²) in [4.78, 5) is 16.8. The maximum atomic E-state index is 11.2. The van der Waals surface area contributed by atoms with Crippen molar-refractivity contribution in [1.82, 2.24) is 4.98 Å². The van der Waals surface area contributed by atoms with Gasteiger partial charge in [0.15, 0.2) is 5.13 Å². The molecule has 1 aromatic heterocycles. The Labute approximate surface area is 135 Å². The quantitative estimate of drug-likeness (QED) is 0.845. The van der Waals surface area contributed by atoms with E-state index in [4.69, 9.17) is 0 Å². The Morgan fingerprint density at radius 2 is 2.10 bits per heavy atom. The summed E-state index contributed by atoms with van der Waals surface area (Å²) in [5, 5.41) is 13.3. The van der Waals surface area contributed by atoms with Crippen molar-refractivity contribution in [3.8, 4) is 0 Å². The Kier molecular flexibility index (Phi) is 3.75. The number of hydrogen-bond donors (Lipinski definition) is 2. The van der Waals surface area contributed by atoms with Crippen LogP contribution in [0.1, 0.15) is 34.0 Å². The summed E-state index contributed by atoms with van der Waals surface area (Å²) in [7, 11) is 0. The molecule has 4 nitrogen and oxygen atoms in total. The number of halogens is 1. The largest absolute Gasteiger partial charge is 0.481 e. The molecular formula is C15H15BrN2O2S. The molecule has 0 spiro atoms. The number of fused-ring (bicyclic) bond motifs is 1. The van der Waals surface area contributed by atoms with Gasteiger partial charge in [0, 0.05) is 15.0 Å². The van der Waals surface area contributed by atoms with Crippen molar-refractivity contribution in [2.45, 2.75) is 32.6 Å². The van der Waals surface area contributed by atoms with Crippen LogP contribution in [0.5, 0.6) is 0 Å². The standard InChI is InChI=1S/C15H15BrN2O2S/c1-7-5-9(6-8(2)12(7)16)17-15-18-13-10(14(19)20)3-4-11(13)21-15/h5-6,10H,3-4H2,1-2H3,(H,17,18)(H,19,20). The van der Waals surface area contributed by atoms with Crippen LogP contribution >= 0.6 is 27.3 Å². The summed E-state index contributed by atoms with van der Waals surface area (Å²) in [6.07, 6.45) is 1.48. The van der Waals surface area contributed by atoms with Gasteiger partial charge in [-0.25, -0.2) is 4.98 Å². The molecule has 1 aliphatic carbocycles. The van der Waals surface area contributed by atoms with Crippen LogP contribution < -0.4 is 5.32 Å². The van der Waals surface area contributed by atoms with E-state index >= 15 is 0 Å². The summed E-state index contributed by atoms with van der Waals surface area (Å²) in [5.74, 6) is -1.22. The van der Waals surface area contributed by atoms with Gasteiger partial charge in [-0.15, -0.1) is 11.3 Å². The number of hydrogen-bond acceptors (Lipinski definition) is 4.